The Hall–Kier alpha value is -2.64. The number of carbonyl (C=O) groups is 2. The highest BCUT2D eigenvalue weighted by Crippen LogP contribution is 2.26. The van der Waals surface area contributed by atoms with Crippen LogP contribution in [0.2, 0.25) is 0 Å². The lowest BCUT2D eigenvalue weighted by molar-refractivity contribution is -0.116. The minimum atomic E-state index is -0.0971. The molecule has 0 aliphatic rings. The van der Waals surface area contributed by atoms with Gasteiger partial charge in [0.05, 0.1) is 11.4 Å². The molecule has 0 radical (unpaired) electrons. The van der Waals surface area contributed by atoms with Gasteiger partial charge in [0.1, 0.15) is 0 Å². The number of benzene rings is 2. The predicted octanol–water partition coefficient (Wildman–Crippen LogP) is 5.59. The summed E-state index contributed by atoms with van der Waals surface area (Å²) in [5, 5.41) is 8.25. The van der Waals surface area contributed by atoms with Gasteiger partial charge in [-0.2, -0.15) is 0 Å². The summed E-state index contributed by atoms with van der Waals surface area (Å²) in [6.07, 6.45) is 1.33. The molecular formula is C22H23N3O2S2. The highest BCUT2D eigenvalue weighted by Gasteiger charge is 2.09. The number of thiazole rings is 1. The molecule has 3 rings (SSSR count). The fourth-order valence-corrected chi connectivity index (χ4v) is 4.01. The number of aryl methyl sites for hydroxylation is 1. The molecule has 0 spiro atoms. The van der Waals surface area contributed by atoms with Crippen LogP contribution in [-0.4, -0.2) is 22.6 Å². The van der Waals surface area contributed by atoms with Gasteiger partial charge in [0.15, 0.2) is 5.13 Å². The van der Waals surface area contributed by atoms with E-state index in [4.69, 9.17) is 0 Å². The van der Waals surface area contributed by atoms with E-state index < -0.39 is 0 Å². The summed E-state index contributed by atoms with van der Waals surface area (Å²) in [5.41, 5.74) is 3.86. The van der Waals surface area contributed by atoms with Gasteiger partial charge < -0.3 is 10.6 Å². The lowest BCUT2D eigenvalue weighted by Gasteiger charge is -2.06. The molecule has 0 saturated heterocycles. The maximum absolute atomic E-state index is 12.2. The van der Waals surface area contributed by atoms with Gasteiger partial charge >= 0.3 is 0 Å². The number of hydrogen-bond acceptors (Lipinski definition) is 5. The average Bonchev–Trinajstić information content (AvgIpc) is 3.16. The van der Waals surface area contributed by atoms with Crippen molar-refractivity contribution < 1.29 is 9.59 Å². The van der Waals surface area contributed by atoms with Crippen molar-refractivity contribution in [3.8, 4) is 11.3 Å². The van der Waals surface area contributed by atoms with Crippen molar-refractivity contribution in [1.29, 1.82) is 0 Å². The van der Waals surface area contributed by atoms with E-state index in [2.05, 4.69) is 15.6 Å². The summed E-state index contributed by atoms with van der Waals surface area (Å²) in [5.74, 6) is 0.210. The summed E-state index contributed by atoms with van der Waals surface area (Å²) < 4.78 is 0. The third-order valence-electron chi connectivity index (χ3n) is 4.08. The van der Waals surface area contributed by atoms with E-state index >= 15 is 0 Å². The Morgan fingerprint density at radius 1 is 1.00 bits per heavy atom. The van der Waals surface area contributed by atoms with Gasteiger partial charge in [-0.25, -0.2) is 4.98 Å². The molecule has 29 heavy (non-hydrogen) atoms. The number of amides is 2. The van der Waals surface area contributed by atoms with Crippen molar-refractivity contribution in [3.05, 3.63) is 59.5 Å². The van der Waals surface area contributed by atoms with Crippen molar-refractivity contribution in [2.24, 2.45) is 0 Å². The first-order chi connectivity index (χ1) is 14.0. The van der Waals surface area contributed by atoms with Gasteiger partial charge in [0.25, 0.3) is 0 Å². The van der Waals surface area contributed by atoms with E-state index in [1.165, 1.54) is 28.7 Å². The second kappa shape index (κ2) is 10.2. The number of thioether (sulfide) groups is 1. The SMILES string of the molecule is CCCC(=O)Nc1ccc(SCC(=O)Nc2nc(-c3ccc(C)cc3)cs2)cc1. The summed E-state index contributed by atoms with van der Waals surface area (Å²) in [6, 6.07) is 15.6. The summed E-state index contributed by atoms with van der Waals surface area (Å²) in [4.78, 5) is 29.3. The number of anilines is 2. The van der Waals surface area contributed by atoms with Crippen LogP contribution in [0.4, 0.5) is 10.8 Å². The van der Waals surface area contributed by atoms with E-state index in [0.717, 1.165) is 28.3 Å². The van der Waals surface area contributed by atoms with E-state index in [-0.39, 0.29) is 11.8 Å². The summed E-state index contributed by atoms with van der Waals surface area (Å²) in [6.45, 7) is 4.02. The van der Waals surface area contributed by atoms with Crippen molar-refractivity contribution in [2.45, 2.75) is 31.6 Å². The Kier molecular flexibility index (Phi) is 7.43. The maximum Gasteiger partial charge on any atom is 0.236 e. The molecule has 0 unspecified atom stereocenters. The van der Waals surface area contributed by atoms with Crippen LogP contribution in [0.3, 0.4) is 0 Å². The van der Waals surface area contributed by atoms with Crippen LogP contribution in [0.1, 0.15) is 25.3 Å². The number of rotatable bonds is 8. The molecule has 3 aromatic rings. The Labute approximate surface area is 179 Å². The molecule has 0 saturated carbocycles. The molecule has 0 atom stereocenters. The molecular weight excluding hydrogens is 402 g/mol. The second-order valence-electron chi connectivity index (χ2n) is 6.56. The van der Waals surface area contributed by atoms with Gasteiger partial charge in [-0.05, 0) is 37.6 Å². The number of carbonyl (C=O) groups excluding carboxylic acids is 2. The van der Waals surface area contributed by atoms with Crippen LogP contribution in [0.5, 0.6) is 0 Å². The zero-order valence-electron chi connectivity index (χ0n) is 16.4. The first-order valence-corrected chi connectivity index (χ1v) is 11.2. The first-order valence-electron chi connectivity index (χ1n) is 9.38. The molecule has 0 fully saturated rings. The molecule has 7 heteroatoms. The third kappa shape index (κ3) is 6.44. The molecule has 0 aliphatic carbocycles. The van der Waals surface area contributed by atoms with Crippen LogP contribution in [0, 0.1) is 6.92 Å². The van der Waals surface area contributed by atoms with Crippen LogP contribution in [0.25, 0.3) is 11.3 Å². The quantitative estimate of drug-likeness (QED) is 0.462. The van der Waals surface area contributed by atoms with E-state index in [0.29, 0.717) is 17.3 Å². The highest BCUT2D eigenvalue weighted by molar-refractivity contribution is 8.00. The van der Waals surface area contributed by atoms with Crippen molar-refractivity contribution in [2.75, 3.05) is 16.4 Å². The van der Waals surface area contributed by atoms with E-state index in [1.807, 2.05) is 67.8 Å². The van der Waals surface area contributed by atoms with Gasteiger partial charge in [0.2, 0.25) is 11.8 Å². The van der Waals surface area contributed by atoms with Crippen LogP contribution >= 0.6 is 23.1 Å². The highest BCUT2D eigenvalue weighted by atomic mass is 32.2. The van der Waals surface area contributed by atoms with Crippen LogP contribution in [0.15, 0.2) is 58.8 Å². The minimum Gasteiger partial charge on any atom is -0.326 e. The lowest BCUT2D eigenvalue weighted by atomic mass is 10.1. The maximum atomic E-state index is 12.2. The second-order valence-corrected chi connectivity index (χ2v) is 8.47. The number of nitrogens with one attached hydrogen (secondary N) is 2. The fourth-order valence-electron chi connectivity index (χ4n) is 2.58. The molecule has 2 aromatic carbocycles. The largest absolute Gasteiger partial charge is 0.326 e. The van der Waals surface area contributed by atoms with E-state index in [1.54, 1.807) is 0 Å². The van der Waals surface area contributed by atoms with Crippen molar-refractivity contribution in [1.82, 2.24) is 4.98 Å². The predicted molar refractivity (Wildman–Crippen MR) is 122 cm³/mol. The molecule has 5 nitrogen and oxygen atoms in total. The van der Waals surface area contributed by atoms with Crippen molar-refractivity contribution in [3.63, 3.8) is 0 Å². The minimum absolute atomic E-state index is 0.0146. The molecule has 0 aliphatic heterocycles. The molecule has 1 aromatic heterocycles. The summed E-state index contributed by atoms with van der Waals surface area (Å²) in [7, 11) is 0. The standard InChI is InChI=1S/C22H23N3O2S2/c1-3-4-20(26)23-17-9-11-18(12-10-17)28-14-21(27)25-22-24-19(13-29-22)16-7-5-15(2)6-8-16/h5-13H,3-4,14H2,1-2H3,(H,23,26)(H,24,25,27). The van der Waals surface area contributed by atoms with Gasteiger partial charge in [0, 0.05) is 27.9 Å². The monoisotopic (exact) mass is 425 g/mol. The topological polar surface area (TPSA) is 71.1 Å². The fraction of sp³-hybridized carbons (Fsp3) is 0.227. The van der Waals surface area contributed by atoms with Gasteiger partial charge in [-0.3, -0.25) is 9.59 Å². The third-order valence-corrected chi connectivity index (χ3v) is 5.85. The van der Waals surface area contributed by atoms with Crippen LogP contribution < -0.4 is 10.6 Å². The zero-order valence-corrected chi connectivity index (χ0v) is 18.0. The lowest BCUT2D eigenvalue weighted by Crippen LogP contribution is -2.13. The zero-order chi connectivity index (χ0) is 20.6. The molecule has 2 N–H and O–H groups in total. The molecule has 0 bridgehead atoms. The number of hydrogen-bond donors (Lipinski definition) is 2. The Balaban J connectivity index is 1.49. The van der Waals surface area contributed by atoms with E-state index in [9.17, 15) is 9.59 Å². The van der Waals surface area contributed by atoms with Crippen molar-refractivity contribution >= 4 is 45.7 Å². The molecule has 1 heterocycles. The smallest absolute Gasteiger partial charge is 0.236 e. The van der Waals surface area contributed by atoms with Gasteiger partial charge in [-0.1, -0.05) is 36.8 Å². The summed E-state index contributed by atoms with van der Waals surface area (Å²) >= 11 is 2.86. The molecule has 2 amide bonds. The first kappa shape index (κ1) is 21.1. The number of nitrogens with zero attached hydrogens (tertiary/aromatic N) is 1. The Bertz CT molecular complexity index is 966. The molecule has 150 valence electrons. The number of aromatic nitrogens is 1. The Morgan fingerprint density at radius 3 is 2.41 bits per heavy atom. The Morgan fingerprint density at radius 2 is 1.72 bits per heavy atom. The van der Waals surface area contributed by atoms with Gasteiger partial charge in [-0.15, -0.1) is 23.1 Å². The normalized spacial score (nSPS) is 10.6. The average molecular weight is 426 g/mol. The van der Waals surface area contributed by atoms with Crippen LogP contribution in [-0.2, 0) is 9.59 Å².